The summed E-state index contributed by atoms with van der Waals surface area (Å²) < 4.78 is 19.3. The van der Waals surface area contributed by atoms with Crippen LogP contribution < -0.4 is 19.5 Å². The summed E-state index contributed by atoms with van der Waals surface area (Å²) in [6, 6.07) is 31.2. The Hall–Kier alpha value is -6.29. The van der Waals surface area contributed by atoms with E-state index in [1.165, 1.54) is 11.6 Å². The lowest BCUT2D eigenvalue weighted by molar-refractivity contribution is -0.140. The van der Waals surface area contributed by atoms with Crippen LogP contribution in [0.1, 0.15) is 83.6 Å². The number of aliphatic hydroxyl groups is 2. The first-order chi connectivity index (χ1) is 29.9. The lowest BCUT2D eigenvalue weighted by Crippen LogP contribution is -2.28. The maximum absolute atomic E-state index is 11.1. The van der Waals surface area contributed by atoms with E-state index in [0.717, 1.165) is 45.6 Å². The van der Waals surface area contributed by atoms with E-state index in [-0.39, 0.29) is 38.1 Å². The van der Waals surface area contributed by atoms with Gasteiger partial charge in [-0.15, -0.1) is 0 Å². The Morgan fingerprint density at radius 1 is 0.855 bits per heavy atom. The molecule has 0 bridgehead atoms. The first-order valence-electron chi connectivity index (χ1n) is 20.3. The van der Waals surface area contributed by atoms with Crippen molar-refractivity contribution in [2.24, 2.45) is 0 Å². The minimum Gasteiger partial charge on any atom is -0.494 e. The number of ether oxygens (including phenoxy) is 3. The van der Waals surface area contributed by atoms with E-state index in [2.05, 4.69) is 70.6 Å². The van der Waals surface area contributed by atoms with Crippen LogP contribution in [0.5, 0.6) is 17.5 Å². The molecule has 5 aromatic rings. The average molecular weight is 904 g/mol. The third-order valence-corrected chi connectivity index (χ3v) is 11.2. The fraction of sp³-hybridized carbons (Fsp3) is 0.312. The number of benzene rings is 4. The fourth-order valence-electron chi connectivity index (χ4n) is 7.60. The minimum absolute atomic E-state index is 0.00410. The first kappa shape index (κ1) is 45.2. The Morgan fingerprint density at radius 2 is 1.53 bits per heavy atom. The molecule has 6 rings (SSSR count). The van der Waals surface area contributed by atoms with Gasteiger partial charge in [0, 0.05) is 18.7 Å². The van der Waals surface area contributed by atoms with Crippen molar-refractivity contribution < 1.29 is 44.2 Å². The number of nitrogens with zero attached hydrogens (tertiary/aromatic N) is 3. The molecule has 0 amide bonds. The quantitative estimate of drug-likeness (QED) is 0.0440. The number of fused-ring (bicyclic) bond motifs is 1. The number of hydrogen-bond acceptors (Lipinski definition) is 11. The van der Waals surface area contributed by atoms with E-state index in [1.54, 1.807) is 18.2 Å². The molecule has 0 spiro atoms. The van der Waals surface area contributed by atoms with Crippen LogP contribution in [0, 0.1) is 29.6 Å². The van der Waals surface area contributed by atoms with Crippen molar-refractivity contribution in [2.45, 2.75) is 83.3 Å². The van der Waals surface area contributed by atoms with Crippen molar-refractivity contribution in [1.29, 1.82) is 10.5 Å². The molecule has 0 saturated carbocycles. The van der Waals surface area contributed by atoms with E-state index in [1.807, 2.05) is 30.3 Å². The smallest absolute Gasteiger partial charge is 0.306 e. The number of aromatic nitrogens is 1. The Balaban J connectivity index is 1.18. The van der Waals surface area contributed by atoms with Crippen molar-refractivity contribution in [2.75, 3.05) is 13.2 Å². The van der Waals surface area contributed by atoms with E-state index < -0.39 is 30.6 Å². The first-order valence-corrected chi connectivity index (χ1v) is 21.1. The number of carbonyl (C=O) groups is 2. The molecule has 0 radical (unpaired) electrons. The predicted octanol–water partition coefficient (Wildman–Crippen LogP) is 8.19. The second-order valence-electron chi connectivity index (χ2n) is 15.2. The minimum atomic E-state index is -1.11. The average Bonchev–Trinajstić information content (AvgIpc) is 3.66. The molecule has 1 aliphatic carbocycles. The summed E-state index contributed by atoms with van der Waals surface area (Å²) in [6.07, 6.45) is 0.383. The molecular weight excluding hydrogens is 856 g/mol. The van der Waals surface area contributed by atoms with Crippen LogP contribution in [-0.4, -0.2) is 62.7 Å². The number of aliphatic carboxylic acids is 2. The number of unbranched alkanes of at least 4 members (excludes halogenated alkanes) is 1. The largest absolute Gasteiger partial charge is 0.494 e. The highest BCUT2D eigenvalue weighted by Gasteiger charge is 2.29. The van der Waals surface area contributed by atoms with Crippen molar-refractivity contribution in [3.8, 4) is 51.9 Å². The normalized spacial score (nSPS) is 13.9. The maximum atomic E-state index is 11.1. The molecule has 320 valence electrons. The second-order valence-corrected chi connectivity index (χ2v) is 16.0. The molecule has 13 nitrogen and oxygen atoms in total. The molecule has 1 aliphatic rings. The van der Waals surface area contributed by atoms with E-state index >= 15 is 0 Å². The predicted molar refractivity (Wildman–Crippen MR) is 233 cm³/mol. The number of carboxylic acids is 2. The molecule has 1 heterocycles. The van der Waals surface area contributed by atoms with Crippen LogP contribution in [0.15, 0.2) is 89.4 Å². The number of aliphatic hydroxyl groups excluding tert-OH is 2. The fourth-order valence-corrected chi connectivity index (χ4v) is 8.06. The molecule has 3 atom stereocenters. The van der Waals surface area contributed by atoms with E-state index in [0.29, 0.717) is 64.9 Å². The van der Waals surface area contributed by atoms with Gasteiger partial charge < -0.3 is 40.0 Å². The molecule has 62 heavy (non-hydrogen) atoms. The highest BCUT2D eigenvalue weighted by Crippen LogP contribution is 2.43. The zero-order valence-corrected chi connectivity index (χ0v) is 35.7. The lowest BCUT2D eigenvalue weighted by atomic mass is 9.89. The van der Waals surface area contributed by atoms with Crippen molar-refractivity contribution in [1.82, 2.24) is 10.3 Å². The molecule has 1 aromatic heterocycles. The molecular formula is C48H47BrN4O9. The SMILES string of the molecule is Cc1c(-c2ccc(OCCCC[C@@H](O)CC(=O)O)cc2)cccc1-c1cccc2c1CC[C@@H]2Oc1nc(OCc2cc(C#N)cc(C#N)c2)c(CNC[C@@H](O)CC(=O)O)cc1Br. The number of rotatable bonds is 21. The van der Waals surface area contributed by atoms with Crippen molar-refractivity contribution >= 4 is 27.9 Å². The lowest BCUT2D eigenvalue weighted by Gasteiger charge is -2.19. The Bertz CT molecular complexity index is 2450. The Labute approximate surface area is 368 Å². The van der Waals surface area contributed by atoms with Gasteiger partial charge in [-0.2, -0.15) is 15.5 Å². The summed E-state index contributed by atoms with van der Waals surface area (Å²) >= 11 is 3.64. The Morgan fingerprint density at radius 3 is 2.24 bits per heavy atom. The molecule has 4 aromatic carbocycles. The highest BCUT2D eigenvalue weighted by molar-refractivity contribution is 9.10. The summed E-state index contributed by atoms with van der Waals surface area (Å²) in [4.78, 5) is 26.6. The van der Waals surface area contributed by atoms with Crippen LogP contribution in [-0.2, 0) is 29.2 Å². The van der Waals surface area contributed by atoms with Gasteiger partial charge in [-0.1, -0.05) is 48.5 Å². The molecule has 14 heteroatoms. The third kappa shape index (κ3) is 12.0. The zero-order valence-electron chi connectivity index (χ0n) is 34.1. The number of nitrogens with one attached hydrogen (secondary N) is 1. The number of hydrogen-bond donors (Lipinski definition) is 5. The summed E-state index contributed by atoms with van der Waals surface area (Å²) in [5, 5.41) is 59.8. The van der Waals surface area contributed by atoms with Crippen molar-refractivity contribution in [3.63, 3.8) is 0 Å². The summed E-state index contributed by atoms with van der Waals surface area (Å²) in [5.74, 6) is -0.840. The summed E-state index contributed by atoms with van der Waals surface area (Å²) in [5.41, 5.74) is 9.62. The Kier molecular flexibility index (Phi) is 15.7. The summed E-state index contributed by atoms with van der Waals surface area (Å²) in [6.45, 7) is 2.81. The molecule has 0 fully saturated rings. The van der Waals surface area contributed by atoms with Gasteiger partial charge in [-0.3, -0.25) is 9.59 Å². The second kappa shape index (κ2) is 21.5. The maximum Gasteiger partial charge on any atom is 0.306 e. The highest BCUT2D eigenvalue weighted by atomic mass is 79.9. The van der Waals surface area contributed by atoms with Crippen LogP contribution in [0.25, 0.3) is 22.3 Å². The third-order valence-electron chi connectivity index (χ3n) is 10.6. The molecule has 0 saturated heterocycles. The van der Waals surface area contributed by atoms with Gasteiger partial charge in [0.05, 0.1) is 59.4 Å². The van der Waals surface area contributed by atoms with Gasteiger partial charge in [-0.05, 0) is 136 Å². The summed E-state index contributed by atoms with van der Waals surface area (Å²) in [7, 11) is 0. The standard InChI is InChI=1S/C48H47BrN4O9/c1-29-38(33-11-13-37(14-12-33)60-17-3-2-6-35(54)22-45(56)57)7-4-8-39(29)40-9-5-10-42-41(40)15-16-44(42)62-48-43(49)21-34(26-52-27-36(55)23-46(58)59)47(53-48)61-28-32-19-30(24-50)18-31(20-32)25-51/h4-5,7-14,18-21,35-36,44,52,54-55H,2-3,6,15-17,22-23,26-28H2,1H3,(H,56,57)(H,58,59)/t35-,36+,44+/m1/s1. The van der Waals surface area contributed by atoms with E-state index in [9.17, 15) is 30.3 Å². The number of nitriles is 2. The van der Waals surface area contributed by atoms with Gasteiger partial charge in [0.1, 0.15) is 18.5 Å². The van der Waals surface area contributed by atoms with Gasteiger partial charge in [0.15, 0.2) is 0 Å². The van der Waals surface area contributed by atoms with E-state index in [4.69, 9.17) is 29.4 Å². The van der Waals surface area contributed by atoms with Crippen LogP contribution in [0.3, 0.4) is 0 Å². The number of pyridine rings is 1. The number of carboxylic acid groups (broad SMARTS) is 2. The van der Waals surface area contributed by atoms with Crippen LogP contribution in [0.2, 0.25) is 0 Å². The molecule has 0 aliphatic heterocycles. The topological polar surface area (TPSA) is 215 Å². The van der Waals surface area contributed by atoms with Gasteiger partial charge in [0.2, 0.25) is 11.8 Å². The zero-order chi connectivity index (χ0) is 44.2. The van der Waals surface area contributed by atoms with Crippen LogP contribution in [0.4, 0.5) is 0 Å². The molecule has 5 N–H and O–H groups in total. The van der Waals surface area contributed by atoms with Crippen molar-refractivity contribution in [3.05, 3.63) is 128 Å². The number of halogens is 1. The monoisotopic (exact) mass is 902 g/mol. The van der Waals surface area contributed by atoms with Crippen LogP contribution >= 0.6 is 15.9 Å². The van der Waals surface area contributed by atoms with Gasteiger partial charge in [-0.25, -0.2) is 0 Å². The van der Waals surface area contributed by atoms with Gasteiger partial charge in [0.25, 0.3) is 0 Å². The molecule has 0 unspecified atom stereocenters. The van der Waals surface area contributed by atoms with Gasteiger partial charge >= 0.3 is 11.9 Å².